The van der Waals surface area contributed by atoms with Crippen molar-refractivity contribution >= 4 is 5.97 Å². The summed E-state index contributed by atoms with van der Waals surface area (Å²) < 4.78 is 0. The number of nitrogens with zero attached hydrogens (tertiary/aromatic N) is 1. The van der Waals surface area contributed by atoms with Crippen molar-refractivity contribution < 1.29 is 20.2 Å². The molecule has 0 aromatic carbocycles. The molecule has 12 heavy (non-hydrogen) atoms. The predicted octanol–water partition coefficient (Wildman–Crippen LogP) is 0.169. The molecule has 0 radical (unpaired) electrons. The van der Waals surface area contributed by atoms with Crippen LogP contribution < -0.4 is 0 Å². The van der Waals surface area contributed by atoms with Gasteiger partial charge in [-0.05, 0) is 6.92 Å². The molecule has 0 amide bonds. The van der Waals surface area contributed by atoms with Crippen LogP contribution in [0.4, 0.5) is 0 Å². The van der Waals surface area contributed by atoms with E-state index in [9.17, 15) is 4.79 Å². The zero-order valence-electron chi connectivity index (χ0n) is 7.69. The molecule has 0 rings (SSSR count). The van der Waals surface area contributed by atoms with Gasteiger partial charge < -0.3 is 15.4 Å². The number of aliphatic hydroxyl groups excluding tert-OH is 1. The minimum absolute atomic E-state index is 0.719. The Labute approximate surface area is 72.2 Å². The molecular formula is C7H17NO4. The first-order chi connectivity index (χ1) is 5.45. The molecule has 1 unspecified atom stereocenters. The Hall–Kier alpha value is -0.650. The summed E-state index contributed by atoms with van der Waals surface area (Å²) in [5, 5.41) is 25.5. The first-order valence-corrected chi connectivity index (χ1v) is 3.80. The van der Waals surface area contributed by atoms with Gasteiger partial charge in [-0.25, -0.2) is 4.79 Å². The lowest BCUT2D eigenvalue weighted by Crippen LogP contribution is -2.16. The highest BCUT2D eigenvalue weighted by Crippen LogP contribution is 1.73. The standard InChI is InChI=1S/C4H11NO.C3H6O3/c1-3-5(6)4-2;1-2(4)3(5)6/h6H,3-4H2,1-2H3;2,4H,1H3,(H,5,6). The molecule has 0 heterocycles. The predicted molar refractivity (Wildman–Crippen MR) is 44.0 cm³/mol. The number of hydroxylamine groups is 2. The van der Waals surface area contributed by atoms with E-state index in [0.717, 1.165) is 13.1 Å². The summed E-state index contributed by atoms with van der Waals surface area (Å²) in [7, 11) is 0. The largest absolute Gasteiger partial charge is 0.479 e. The topological polar surface area (TPSA) is 81.0 Å². The average Bonchev–Trinajstić information content (AvgIpc) is 2.04. The summed E-state index contributed by atoms with van der Waals surface area (Å²) in [6, 6.07) is 0. The fourth-order valence-electron chi connectivity index (χ4n) is 0.224. The molecule has 0 aromatic rings. The monoisotopic (exact) mass is 179 g/mol. The molecule has 0 saturated carbocycles. The van der Waals surface area contributed by atoms with Crippen LogP contribution in [0, 0.1) is 0 Å². The molecule has 0 aromatic heterocycles. The minimum Gasteiger partial charge on any atom is -0.479 e. The zero-order valence-corrected chi connectivity index (χ0v) is 7.69. The molecule has 5 heteroatoms. The van der Waals surface area contributed by atoms with Crippen molar-refractivity contribution in [1.29, 1.82) is 0 Å². The van der Waals surface area contributed by atoms with Crippen LogP contribution >= 0.6 is 0 Å². The minimum atomic E-state index is -1.23. The third-order valence-corrected chi connectivity index (χ3v) is 1.09. The van der Waals surface area contributed by atoms with E-state index in [1.807, 2.05) is 13.8 Å². The number of aliphatic hydroxyl groups is 1. The van der Waals surface area contributed by atoms with Crippen molar-refractivity contribution in [1.82, 2.24) is 5.06 Å². The Morgan fingerprint density at radius 1 is 1.42 bits per heavy atom. The Kier molecular flexibility index (Phi) is 9.79. The molecule has 1 atom stereocenters. The van der Waals surface area contributed by atoms with Gasteiger partial charge in [0.05, 0.1) is 0 Å². The Morgan fingerprint density at radius 2 is 1.67 bits per heavy atom. The molecular weight excluding hydrogens is 162 g/mol. The fraction of sp³-hybridized carbons (Fsp3) is 0.857. The molecule has 5 nitrogen and oxygen atoms in total. The third kappa shape index (κ3) is 12.1. The van der Waals surface area contributed by atoms with Crippen LogP contribution in [-0.4, -0.2) is 45.6 Å². The van der Waals surface area contributed by atoms with E-state index < -0.39 is 12.1 Å². The van der Waals surface area contributed by atoms with Crippen LogP contribution in [0.25, 0.3) is 0 Å². The first-order valence-electron chi connectivity index (χ1n) is 3.80. The number of aliphatic carboxylic acids is 1. The van der Waals surface area contributed by atoms with Gasteiger partial charge in [0, 0.05) is 13.1 Å². The number of carbonyl (C=O) groups is 1. The molecule has 0 saturated heterocycles. The van der Waals surface area contributed by atoms with E-state index in [-0.39, 0.29) is 0 Å². The summed E-state index contributed by atoms with van der Waals surface area (Å²) in [6.45, 7) is 6.45. The second-order valence-corrected chi connectivity index (χ2v) is 2.15. The van der Waals surface area contributed by atoms with E-state index in [1.165, 1.54) is 12.0 Å². The summed E-state index contributed by atoms with van der Waals surface area (Å²) in [5.41, 5.74) is 0. The Balaban J connectivity index is 0. The van der Waals surface area contributed by atoms with Crippen LogP contribution in [0.2, 0.25) is 0 Å². The average molecular weight is 179 g/mol. The molecule has 0 aliphatic carbocycles. The number of hydrogen-bond acceptors (Lipinski definition) is 4. The van der Waals surface area contributed by atoms with Gasteiger partial charge in [0.25, 0.3) is 0 Å². The van der Waals surface area contributed by atoms with E-state index >= 15 is 0 Å². The molecule has 3 N–H and O–H groups in total. The molecule has 0 spiro atoms. The van der Waals surface area contributed by atoms with Crippen molar-refractivity contribution in [3.63, 3.8) is 0 Å². The van der Waals surface area contributed by atoms with Gasteiger partial charge in [0.2, 0.25) is 0 Å². The maximum Gasteiger partial charge on any atom is 0.332 e. The summed E-state index contributed by atoms with van der Waals surface area (Å²) in [4.78, 5) is 9.45. The summed E-state index contributed by atoms with van der Waals surface area (Å²) in [6.07, 6.45) is -1.23. The lowest BCUT2D eigenvalue weighted by atomic mass is 10.4. The second kappa shape index (κ2) is 8.45. The van der Waals surface area contributed by atoms with Crippen molar-refractivity contribution in [2.24, 2.45) is 0 Å². The quantitative estimate of drug-likeness (QED) is 0.538. The number of carboxylic acids is 1. The van der Waals surface area contributed by atoms with Crippen molar-refractivity contribution in [2.45, 2.75) is 26.9 Å². The summed E-state index contributed by atoms with van der Waals surface area (Å²) >= 11 is 0. The SMILES string of the molecule is CC(O)C(=O)O.CCN(O)CC. The number of carboxylic acid groups (broad SMARTS) is 1. The highest BCUT2D eigenvalue weighted by atomic mass is 16.5. The summed E-state index contributed by atoms with van der Waals surface area (Å²) in [5.74, 6) is -1.19. The van der Waals surface area contributed by atoms with Crippen molar-refractivity contribution in [3.8, 4) is 0 Å². The number of rotatable bonds is 3. The Morgan fingerprint density at radius 3 is 1.67 bits per heavy atom. The van der Waals surface area contributed by atoms with Gasteiger partial charge in [0.15, 0.2) is 0 Å². The molecule has 0 aliphatic heterocycles. The molecule has 0 fully saturated rings. The second-order valence-electron chi connectivity index (χ2n) is 2.15. The fourth-order valence-corrected chi connectivity index (χ4v) is 0.224. The van der Waals surface area contributed by atoms with Crippen LogP contribution in [0.3, 0.4) is 0 Å². The lowest BCUT2D eigenvalue weighted by molar-refractivity contribution is -0.145. The van der Waals surface area contributed by atoms with Gasteiger partial charge in [-0.1, -0.05) is 13.8 Å². The van der Waals surface area contributed by atoms with E-state index in [0.29, 0.717) is 0 Å². The van der Waals surface area contributed by atoms with Crippen LogP contribution in [-0.2, 0) is 4.79 Å². The maximum absolute atomic E-state index is 9.45. The normalized spacial score (nSPS) is 11.8. The third-order valence-electron chi connectivity index (χ3n) is 1.09. The van der Waals surface area contributed by atoms with Gasteiger partial charge in [-0.15, -0.1) is 0 Å². The lowest BCUT2D eigenvalue weighted by Gasteiger charge is -2.05. The van der Waals surface area contributed by atoms with Crippen LogP contribution in [0.5, 0.6) is 0 Å². The van der Waals surface area contributed by atoms with Gasteiger partial charge >= 0.3 is 5.97 Å². The Bertz CT molecular complexity index is 112. The smallest absolute Gasteiger partial charge is 0.332 e. The first kappa shape index (κ1) is 13.9. The van der Waals surface area contributed by atoms with E-state index in [1.54, 1.807) is 0 Å². The maximum atomic E-state index is 9.45. The molecule has 0 bridgehead atoms. The van der Waals surface area contributed by atoms with Crippen molar-refractivity contribution in [2.75, 3.05) is 13.1 Å². The highest BCUT2D eigenvalue weighted by molar-refractivity contribution is 5.71. The van der Waals surface area contributed by atoms with E-state index in [2.05, 4.69) is 0 Å². The van der Waals surface area contributed by atoms with Crippen molar-refractivity contribution in [3.05, 3.63) is 0 Å². The van der Waals surface area contributed by atoms with Crippen LogP contribution in [0.1, 0.15) is 20.8 Å². The van der Waals surface area contributed by atoms with Gasteiger partial charge in [-0.3, -0.25) is 0 Å². The van der Waals surface area contributed by atoms with E-state index in [4.69, 9.17) is 15.4 Å². The zero-order chi connectivity index (χ0) is 10.1. The van der Waals surface area contributed by atoms with Crippen LogP contribution in [0.15, 0.2) is 0 Å². The molecule has 74 valence electrons. The number of hydrogen-bond donors (Lipinski definition) is 3. The highest BCUT2D eigenvalue weighted by Gasteiger charge is 2.01. The molecule has 0 aliphatic rings. The van der Waals surface area contributed by atoms with Gasteiger partial charge in [-0.2, -0.15) is 5.06 Å². The van der Waals surface area contributed by atoms with Gasteiger partial charge in [0.1, 0.15) is 6.10 Å².